The first-order valence-corrected chi connectivity index (χ1v) is 6.77. The molecular weight excluding hydrogens is 252 g/mol. The minimum Gasteiger partial charge on any atom is -0.334 e. The minimum atomic E-state index is -0.166. The van der Waals surface area contributed by atoms with E-state index >= 15 is 0 Å². The average Bonchev–Trinajstić information content (AvgIpc) is 3.12. The van der Waals surface area contributed by atoms with Crippen LogP contribution in [0.25, 0.3) is 0 Å². The van der Waals surface area contributed by atoms with Crippen molar-refractivity contribution in [3.05, 3.63) is 53.9 Å². The number of nitrogens with one attached hydrogen (secondary N) is 2. The Bertz CT molecular complexity index is 601. The van der Waals surface area contributed by atoms with E-state index in [2.05, 4.69) is 27.9 Å². The second-order valence-corrected chi connectivity index (χ2v) is 5.28. The van der Waals surface area contributed by atoms with Crippen LogP contribution in [-0.4, -0.2) is 15.8 Å². The van der Waals surface area contributed by atoms with Gasteiger partial charge in [-0.25, -0.2) is 4.79 Å². The van der Waals surface area contributed by atoms with Crippen LogP contribution >= 0.6 is 0 Å². The molecule has 1 fully saturated rings. The van der Waals surface area contributed by atoms with Gasteiger partial charge in [-0.05, 0) is 18.4 Å². The van der Waals surface area contributed by atoms with Gasteiger partial charge < -0.3 is 10.6 Å². The monoisotopic (exact) mass is 270 g/mol. The Hall–Kier alpha value is -2.30. The fraction of sp³-hybridized carbons (Fsp3) is 0.333. The summed E-state index contributed by atoms with van der Waals surface area (Å²) in [7, 11) is 1.86. The number of aryl methyl sites for hydroxylation is 1. The van der Waals surface area contributed by atoms with Crippen LogP contribution in [0, 0.1) is 0 Å². The Morgan fingerprint density at radius 1 is 1.35 bits per heavy atom. The predicted molar refractivity (Wildman–Crippen MR) is 75.9 cm³/mol. The van der Waals surface area contributed by atoms with Gasteiger partial charge in [0.25, 0.3) is 0 Å². The van der Waals surface area contributed by atoms with E-state index in [0.29, 0.717) is 6.54 Å². The molecule has 0 spiro atoms. The van der Waals surface area contributed by atoms with E-state index < -0.39 is 0 Å². The topological polar surface area (TPSA) is 59.0 Å². The van der Waals surface area contributed by atoms with Gasteiger partial charge >= 0.3 is 6.03 Å². The molecular formula is C15H18N4O. The molecule has 2 aromatic rings. The first-order valence-electron chi connectivity index (χ1n) is 6.77. The normalized spacial score (nSPS) is 15.7. The average molecular weight is 270 g/mol. The summed E-state index contributed by atoms with van der Waals surface area (Å²) in [6, 6.07) is 10.00. The molecule has 0 unspecified atom stereocenters. The fourth-order valence-electron chi connectivity index (χ4n) is 2.38. The Labute approximate surface area is 118 Å². The maximum atomic E-state index is 12.0. The van der Waals surface area contributed by atoms with Crippen LogP contribution < -0.4 is 10.6 Å². The summed E-state index contributed by atoms with van der Waals surface area (Å²) in [5.74, 6) is 0. The molecule has 0 aliphatic heterocycles. The molecule has 5 nitrogen and oxygen atoms in total. The molecule has 104 valence electrons. The van der Waals surface area contributed by atoms with Crippen LogP contribution in [0.1, 0.15) is 24.0 Å². The molecule has 0 bridgehead atoms. The number of rotatable bonds is 4. The van der Waals surface area contributed by atoms with Crippen LogP contribution in [-0.2, 0) is 19.1 Å². The van der Waals surface area contributed by atoms with E-state index in [1.807, 2.05) is 31.4 Å². The second kappa shape index (κ2) is 5.00. The van der Waals surface area contributed by atoms with E-state index in [0.717, 1.165) is 18.4 Å². The maximum absolute atomic E-state index is 12.0. The van der Waals surface area contributed by atoms with Gasteiger partial charge in [0.2, 0.25) is 0 Å². The lowest BCUT2D eigenvalue weighted by Crippen LogP contribution is -2.41. The molecule has 1 saturated carbocycles. The zero-order chi connectivity index (χ0) is 14.0. The number of carbonyl (C=O) groups is 1. The number of nitrogens with zero attached hydrogens (tertiary/aromatic N) is 2. The number of urea groups is 1. The highest BCUT2D eigenvalue weighted by molar-refractivity contribution is 5.75. The quantitative estimate of drug-likeness (QED) is 0.891. The van der Waals surface area contributed by atoms with Crippen molar-refractivity contribution >= 4 is 6.03 Å². The van der Waals surface area contributed by atoms with Crippen molar-refractivity contribution in [2.45, 2.75) is 24.9 Å². The fourth-order valence-corrected chi connectivity index (χ4v) is 2.38. The van der Waals surface area contributed by atoms with Crippen molar-refractivity contribution in [3.63, 3.8) is 0 Å². The summed E-state index contributed by atoms with van der Waals surface area (Å²) in [6.07, 6.45) is 5.64. The van der Waals surface area contributed by atoms with Gasteiger partial charge in [-0.1, -0.05) is 30.3 Å². The molecule has 1 aromatic heterocycles. The minimum absolute atomic E-state index is 0.129. The largest absolute Gasteiger partial charge is 0.334 e. The smallest absolute Gasteiger partial charge is 0.315 e. The number of hydrogen-bond acceptors (Lipinski definition) is 2. The molecule has 1 heterocycles. The second-order valence-electron chi connectivity index (χ2n) is 5.28. The van der Waals surface area contributed by atoms with Crippen LogP contribution in [0.5, 0.6) is 0 Å². The van der Waals surface area contributed by atoms with Crippen molar-refractivity contribution in [2.75, 3.05) is 0 Å². The summed E-state index contributed by atoms with van der Waals surface area (Å²) in [4.78, 5) is 12.0. The lowest BCUT2D eigenvalue weighted by molar-refractivity contribution is 0.235. The van der Waals surface area contributed by atoms with Gasteiger partial charge in [-0.2, -0.15) is 5.10 Å². The molecule has 1 aliphatic carbocycles. The molecule has 1 aliphatic rings. The number of benzene rings is 1. The molecule has 5 heteroatoms. The molecule has 3 rings (SSSR count). The molecule has 2 N–H and O–H groups in total. The SMILES string of the molecule is Cn1cc(CNC(=O)NC2(c3ccccc3)CC2)cn1. The van der Waals surface area contributed by atoms with Gasteiger partial charge in [0, 0.05) is 25.4 Å². The van der Waals surface area contributed by atoms with Gasteiger partial charge in [0.15, 0.2) is 0 Å². The molecule has 20 heavy (non-hydrogen) atoms. The molecule has 1 aromatic carbocycles. The number of amides is 2. The van der Waals surface area contributed by atoms with E-state index in [4.69, 9.17) is 0 Å². The van der Waals surface area contributed by atoms with E-state index in [1.165, 1.54) is 5.56 Å². The highest BCUT2D eigenvalue weighted by Crippen LogP contribution is 2.45. The van der Waals surface area contributed by atoms with E-state index in [1.54, 1.807) is 10.9 Å². The number of aromatic nitrogens is 2. The standard InChI is InChI=1S/C15H18N4O/c1-19-11-12(10-17-19)9-16-14(20)18-15(7-8-15)13-5-3-2-4-6-13/h2-6,10-11H,7-9H2,1H3,(H2,16,18,20). The van der Waals surface area contributed by atoms with Crippen molar-refractivity contribution in [2.24, 2.45) is 7.05 Å². The third-order valence-corrected chi connectivity index (χ3v) is 3.64. The Balaban J connectivity index is 1.57. The number of hydrogen-bond donors (Lipinski definition) is 2. The summed E-state index contributed by atoms with van der Waals surface area (Å²) in [5.41, 5.74) is 2.00. The van der Waals surface area contributed by atoms with Crippen LogP contribution in [0.15, 0.2) is 42.7 Å². The number of carbonyl (C=O) groups excluding carboxylic acids is 1. The lowest BCUT2D eigenvalue weighted by Gasteiger charge is -2.18. The Kier molecular flexibility index (Phi) is 3.18. The zero-order valence-corrected chi connectivity index (χ0v) is 11.5. The first kappa shape index (κ1) is 12.7. The highest BCUT2D eigenvalue weighted by Gasteiger charge is 2.45. The van der Waals surface area contributed by atoms with Crippen LogP contribution in [0.4, 0.5) is 4.79 Å². The third kappa shape index (κ3) is 2.66. The van der Waals surface area contributed by atoms with Gasteiger partial charge in [0.1, 0.15) is 0 Å². The van der Waals surface area contributed by atoms with Crippen molar-refractivity contribution in [1.29, 1.82) is 0 Å². The molecule has 0 saturated heterocycles. The molecule has 2 amide bonds. The van der Waals surface area contributed by atoms with Crippen molar-refractivity contribution < 1.29 is 4.79 Å². The predicted octanol–water partition coefficient (Wildman–Crippen LogP) is 1.91. The summed E-state index contributed by atoms with van der Waals surface area (Å²) < 4.78 is 1.72. The van der Waals surface area contributed by atoms with Crippen LogP contribution in [0.2, 0.25) is 0 Å². The summed E-state index contributed by atoms with van der Waals surface area (Å²) in [6.45, 7) is 0.491. The lowest BCUT2D eigenvalue weighted by atomic mass is 10.1. The van der Waals surface area contributed by atoms with Gasteiger partial charge in [0.05, 0.1) is 11.7 Å². The zero-order valence-electron chi connectivity index (χ0n) is 11.5. The van der Waals surface area contributed by atoms with E-state index in [-0.39, 0.29) is 11.6 Å². The molecule has 0 atom stereocenters. The van der Waals surface area contributed by atoms with Crippen molar-refractivity contribution in [3.8, 4) is 0 Å². The maximum Gasteiger partial charge on any atom is 0.315 e. The van der Waals surface area contributed by atoms with Crippen molar-refractivity contribution in [1.82, 2.24) is 20.4 Å². The highest BCUT2D eigenvalue weighted by atomic mass is 16.2. The molecule has 0 radical (unpaired) electrons. The van der Waals surface area contributed by atoms with Gasteiger partial charge in [-0.15, -0.1) is 0 Å². The first-order chi connectivity index (χ1) is 9.68. The van der Waals surface area contributed by atoms with Crippen LogP contribution in [0.3, 0.4) is 0 Å². The summed E-state index contributed by atoms with van der Waals surface area (Å²) >= 11 is 0. The van der Waals surface area contributed by atoms with Gasteiger partial charge in [-0.3, -0.25) is 4.68 Å². The van der Waals surface area contributed by atoms with E-state index in [9.17, 15) is 4.79 Å². The summed E-state index contributed by atoms with van der Waals surface area (Å²) in [5, 5.41) is 10.0. The Morgan fingerprint density at radius 2 is 2.10 bits per heavy atom. The Morgan fingerprint density at radius 3 is 2.70 bits per heavy atom. The third-order valence-electron chi connectivity index (χ3n) is 3.64.